The SMILES string of the molecule is CC(C)=C/C(=C\C(C)F)CN1CCCCC1. The van der Waals surface area contributed by atoms with Crippen molar-refractivity contribution in [2.75, 3.05) is 19.6 Å². The van der Waals surface area contributed by atoms with Crippen LogP contribution in [-0.2, 0) is 0 Å². The molecule has 92 valence electrons. The van der Waals surface area contributed by atoms with Crippen LogP contribution in [0.2, 0.25) is 0 Å². The summed E-state index contributed by atoms with van der Waals surface area (Å²) in [5.41, 5.74) is 2.36. The van der Waals surface area contributed by atoms with Gasteiger partial charge in [0, 0.05) is 6.54 Å². The first-order valence-corrected chi connectivity index (χ1v) is 6.30. The molecule has 1 aliphatic heterocycles. The van der Waals surface area contributed by atoms with Crippen molar-refractivity contribution in [3.63, 3.8) is 0 Å². The molecule has 1 aliphatic rings. The summed E-state index contributed by atoms with van der Waals surface area (Å²) in [6, 6.07) is 0. The Morgan fingerprint density at radius 3 is 2.38 bits per heavy atom. The standard InChI is InChI=1S/C14H24FN/c1-12(2)9-14(10-13(3)15)11-16-7-5-4-6-8-16/h9-10,13H,4-8,11H2,1-3H3/b14-10+. The van der Waals surface area contributed by atoms with Gasteiger partial charge in [-0.3, -0.25) is 4.90 Å². The smallest absolute Gasteiger partial charge is 0.116 e. The molecule has 2 heteroatoms. The number of halogens is 1. The molecular weight excluding hydrogens is 201 g/mol. The molecule has 0 amide bonds. The summed E-state index contributed by atoms with van der Waals surface area (Å²) in [5, 5.41) is 0. The number of allylic oxidation sites excluding steroid dienone is 2. The fourth-order valence-electron chi connectivity index (χ4n) is 2.19. The average molecular weight is 225 g/mol. The van der Waals surface area contributed by atoms with E-state index in [1.165, 1.54) is 24.8 Å². The Hall–Kier alpha value is -0.630. The molecule has 0 spiro atoms. The fraction of sp³-hybridized carbons (Fsp3) is 0.714. The maximum Gasteiger partial charge on any atom is 0.116 e. The molecule has 1 rings (SSSR count). The minimum absolute atomic E-state index is 0.851. The van der Waals surface area contributed by atoms with Crippen molar-refractivity contribution in [1.82, 2.24) is 4.90 Å². The maximum absolute atomic E-state index is 13.0. The van der Waals surface area contributed by atoms with Crippen molar-refractivity contribution in [2.24, 2.45) is 0 Å². The van der Waals surface area contributed by atoms with Crippen LogP contribution >= 0.6 is 0 Å². The highest BCUT2D eigenvalue weighted by atomic mass is 19.1. The lowest BCUT2D eigenvalue weighted by Gasteiger charge is -2.27. The maximum atomic E-state index is 13.0. The fourth-order valence-corrected chi connectivity index (χ4v) is 2.19. The third-order valence-electron chi connectivity index (χ3n) is 2.77. The highest BCUT2D eigenvalue weighted by molar-refractivity contribution is 5.24. The van der Waals surface area contributed by atoms with Crippen LogP contribution in [0.1, 0.15) is 40.0 Å². The Balaban J connectivity index is 2.59. The Labute approximate surface area is 99.0 Å². The van der Waals surface area contributed by atoms with Crippen LogP contribution in [0.4, 0.5) is 4.39 Å². The van der Waals surface area contributed by atoms with Crippen LogP contribution in [0, 0.1) is 0 Å². The zero-order chi connectivity index (χ0) is 12.0. The minimum Gasteiger partial charge on any atom is -0.299 e. The molecular formula is C14H24FN. The molecule has 0 bridgehead atoms. The summed E-state index contributed by atoms with van der Waals surface area (Å²) in [5.74, 6) is 0. The Morgan fingerprint density at radius 2 is 1.88 bits per heavy atom. The normalized spacial score (nSPS) is 20.6. The first-order chi connectivity index (χ1) is 7.58. The molecule has 1 nitrogen and oxygen atoms in total. The molecule has 0 aromatic carbocycles. The van der Waals surface area contributed by atoms with Crippen LogP contribution in [0.3, 0.4) is 0 Å². The van der Waals surface area contributed by atoms with Gasteiger partial charge in [0.05, 0.1) is 0 Å². The van der Waals surface area contributed by atoms with Gasteiger partial charge in [-0.15, -0.1) is 0 Å². The van der Waals surface area contributed by atoms with Crippen LogP contribution in [0.25, 0.3) is 0 Å². The highest BCUT2D eigenvalue weighted by Crippen LogP contribution is 2.13. The first kappa shape index (κ1) is 13.4. The molecule has 0 saturated carbocycles. The van der Waals surface area contributed by atoms with Crippen molar-refractivity contribution < 1.29 is 4.39 Å². The van der Waals surface area contributed by atoms with Crippen LogP contribution in [0.15, 0.2) is 23.3 Å². The number of alkyl halides is 1. The molecule has 0 aliphatic carbocycles. The van der Waals surface area contributed by atoms with Gasteiger partial charge in [-0.25, -0.2) is 4.39 Å². The number of hydrogen-bond donors (Lipinski definition) is 0. The number of rotatable bonds is 4. The predicted octanol–water partition coefficient (Wildman–Crippen LogP) is 3.72. The van der Waals surface area contributed by atoms with Crippen LogP contribution in [0.5, 0.6) is 0 Å². The third kappa shape index (κ3) is 5.45. The van der Waals surface area contributed by atoms with Crippen molar-refractivity contribution in [2.45, 2.75) is 46.2 Å². The van der Waals surface area contributed by atoms with Gasteiger partial charge in [0.2, 0.25) is 0 Å². The van der Waals surface area contributed by atoms with Gasteiger partial charge in [0.15, 0.2) is 0 Å². The van der Waals surface area contributed by atoms with E-state index in [0.717, 1.165) is 25.2 Å². The first-order valence-electron chi connectivity index (χ1n) is 6.30. The highest BCUT2D eigenvalue weighted by Gasteiger charge is 2.11. The van der Waals surface area contributed by atoms with Gasteiger partial charge in [-0.05, 0) is 58.4 Å². The van der Waals surface area contributed by atoms with Gasteiger partial charge >= 0.3 is 0 Å². The zero-order valence-corrected chi connectivity index (χ0v) is 10.8. The lowest BCUT2D eigenvalue weighted by molar-refractivity contribution is 0.247. The van der Waals surface area contributed by atoms with Gasteiger partial charge in [0.25, 0.3) is 0 Å². The Morgan fingerprint density at radius 1 is 1.25 bits per heavy atom. The third-order valence-corrected chi connectivity index (χ3v) is 2.77. The van der Waals surface area contributed by atoms with Gasteiger partial charge < -0.3 is 0 Å². The molecule has 16 heavy (non-hydrogen) atoms. The topological polar surface area (TPSA) is 3.24 Å². The van der Waals surface area contributed by atoms with E-state index in [9.17, 15) is 4.39 Å². The van der Waals surface area contributed by atoms with E-state index < -0.39 is 6.17 Å². The molecule has 1 fully saturated rings. The monoisotopic (exact) mass is 225 g/mol. The second-order valence-corrected chi connectivity index (χ2v) is 4.98. The summed E-state index contributed by atoms with van der Waals surface area (Å²) in [4.78, 5) is 2.43. The van der Waals surface area contributed by atoms with E-state index in [1.807, 2.05) is 0 Å². The molecule has 0 aromatic rings. The zero-order valence-electron chi connectivity index (χ0n) is 10.8. The summed E-state index contributed by atoms with van der Waals surface area (Å²) in [7, 11) is 0. The van der Waals surface area contributed by atoms with E-state index in [4.69, 9.17) is 0 Å². The van der Waals surface area contributed by atoms with E-state index in [-0.39, 0.29) is 0 Å². The molecule has 0 aromatic heterocycles. The second-order valence-electron chi connectivity index (χ2n) is 4.98. The van der Waals surface area contributed by atoms with E-state index in [1.54, 1.807) is 13.0 Å². The predicted molar refractivity (Wildman–Crippen MR) is 68.4 cm³/mol. The quantitative estimate of drug-likeness (QED) is 0.659. The number of likely N-dealkylation sites (tertiary alicyclic amines) is 1. The molecule has 1 heterocycles. The second kappa shape index (κ2) is 6.85. The van der Waals surface area contributed by atoms with E-state index >= 15 is 0 Å². The van der Waals surface area contributed by atoms with Gasteiger partial charge in [-0.1, -0.05) is 18.1 Å². The van der Waals surface area contributed by atoms with Crippen LogP contribution in [-0.4, -0.2) is 30.7 Å². The summed E-state index contributed by atoms with van der Waals surface area (Å²) in [6.45, 7) is 8.94. The molecule has 1 unspecified atom stereocenters. The average Bonchev–Trinajstić information content (AvgIpc) is 2.16. The number of hydrogen-bond acceptors (Lipinski definition) is 1. The summed E-state index contributed by atoms with van der Waals surface area (Å²) in [6.07, 6.45) is 6.90. The number of piperidine rings is 1. The molecule has 0 N–H and O–H groups in total. The van der Waals surface area contributed by atoms with Gasteiger partial charge in [-0.2, -0.15) is 0 Å². The van der Waals surface area contributed by atoms with E-state index in [2.05, 4.69) is 24.8 Å². The summed E-state index contributed by atoms with van der Waals surface area (Å²) < 4.78 is 13.0. The van der Waals surface area contributed by atoms with Crippen molar-refractivity contribution in [3.05, 3.63) is 23.3 Å². The number of nitrogens with zero attached hydrogens (tertiary/aromatic N) is 1. The lowest BCUT2D eigenvalue weighted by Crippen LogP contribution is -2.31. The summed E-state index contributed by atoms with van der Waals surface area (Å²) >= 11 is 0. The molecule has 0 radical (unpaired) electrons. The van der Waals surface area contributed by atoms with E-state index in [0.29, 0.717) is 0 Å². The lowest BCUT2D eigenvalue weighted by atomic mass is 10.1. The minimum atomic E-state index is -0.851. The Bertz CT molecular complexity index is 256. The van der Waals surface area contributed by atoms with Crippen LogP contribution < -0.4 is 0 Å². The molecule has 1 saturated heterocycles. The van der Waals surface area contributed by atoms with Crippen molar-refractivity contribution in [3.8, 4) is 0 Å². The van der Waals surface area contributed by atoms with Gasteiger partial charge in [0.1, 0.15) is 6.17 Å². The molecule has 1 atom stereocenters. The van der Waals surface area contributed by atoms with Crippen molar-refractivity contribution in [1.29, 1.82) is 0 Å². The Kier molecular flexibility index (Phi) is 5.75. The van der Waals surface area contributed by atoms with Crippen molar-refractivity contribution >= 4 is 0 Å². The largest absolute Gasteiger partial charge is 0.299 e.